The van der Waals surface area contributed by atoms with Crippen LogP contribution in [0.5, 0.6) is 0 Å². The molecular weight excluding hydrogens is 295 g/mol. The third-order valence-electron chi connectivity index (χ3n) is 2.49. The minimum Gasteiger partial charge on any atom is -0.480 e. The summed E-state index contributed by atoms with van der Waals surface area (Å²) in [7, 11) is 0. The van der Waals surface area contributed by atoms with E-state index in [-0.39, 0.29) is 4.90 Å². The van der Waals surface area contributed by atoms with Crippen molar-refractivity contribution in [3.05, 3.63) is 0 Å². The number of carboxylic acid groups (broad SMARTS) is 1. The van der Waals surface area contributed by atoms with E-state index in [9.17, 15) is 27.6 Å². The van der Waals surface area contributed by atoms with E-state index in [1.54, 1.807) is 13.8 Å². The molecule has 0 aromatic carbocycles. The van der Waals surface area contributed by atoms with Gasteiger partial charge in [-0.15, -0.1) is 0 Å². The number of carbonyl (C=O) groups excluding carboxylic acids is 2. The Morgan fingerprint density at radius 2 is 1.62 bits per heavy atom. The number of alkyl halides is 3. The number of carboxylic acids is 1. The molecule has 0 atom stereocenters. The lowest BCUT2D eigenvalue weighted by molar-refractivity contribution is -0.148. The molecule has 10 heteroatoms. The van der Waals surface area contributed by atoms with Gasteiger partial charge in [0.2, 0.25) is 5.91 Å². The number of halogens is 3. The van der Waals surface area contributed by atoms with E-state index in [1.165, 1.54) is 4.90 Å². The molecular formula is C11H18F3N3O4. The fraction of sp³-hybridized carbons (Fsp3) is 0.727. The highest BCUT2D eigenvalue weighted by Crippen LogP contribution is 2.16. The first-order valence-corrected chi connectivity index (χ1v) is 6.19. The molecule has 21 heavy (non-hydrogen) atoms. The van der Waals surface area contributed by atoms with Gasteiger partial charge >= 0.3 is 18.2 Å². The highest BCUT2D eigenvalue weighted by atomic mass is 19.4. The molecule has 7 nitrogen and oxygen atoms in total. The second kappa shape index (κ2) is 8.32. The van der Waals surface area contributed by atoms with Gasteiger partial charge in [-0.2, -0.15) is 13.2 Å². The van der Waals surface area contributed by atoms with Crippen molar-refractivity contribution in [3.63, 3.8) is 0 Å². The van der Waals surface area contributed by atoms with Crippen molar-refractivity contribution < 1.29 is 32.7 Å². The first kappa shape index (κ1) is 19.0. The average molecular weight is 313 g/mol. The molecule has 0 fully saturated rings. The van der Waals surface area contributed by atoms with E-state index >= 15 is 0 Å². The summed E-state index contributed by atoms with van der Waals surface area (Å²) in [6.45, 7) is 0.913. The summed E-state index contributed by atoms with van der Waals surface area (Å²) in [6, 6.07) is -1.25. The summed E-state index contributed by atoms with van der Waals surface area (Å²) in [5.74, 6) is -2.04. The molecule has 0 aliphatic rings. The van der Waals surface area contributed by atoms with Gasteiger partial charge < -0.3 is 20.2 Å². The van der Waals surface area contributed by atoms with Gasteiger partial charge in [0, 0.05) is 13.1 Å². The third kappa shape index (κ3) is 8.00. The highest BCUT2D eigenvalue weighted by Gasteiger charge is 2.34. The van der Waals surface area contributed by atoms with Gasteiger partial charge in [0.1, 0.15) is 13.1 Å². The van der Waals surface area contributed by atoms with Crippen molar-refractivity contribution in [2.75, 3.05) is 32.7 Å². The van der Waals surface area contributed by atoms with Gasteiger partial charge in [-0.1, -0.05) is 0 Å². The summed E-state index contributed by atoms with van der Waals surface area (Å²) in [6.07, 6.45) is -4.73. The van der Waals surface area contributed by atoms with Crippen LogP contribution in [-0.2, 0) is 9.59 Å². The summed E-state index contributed by atoms with van der Waals surface area (Å²) in [5, 5.41) is 10.5. The molecule has 0 aliphatic heterocycles. The van der Waals surface area contributed by atoms with Crippen molar-refractivity contribution in [1.82, 2.24) is 15.1 Å². The Labute approximate surface area is 119 Å². The zero-order valence-electron chi connectivity index (χ0n) is 11.7. The van der Waals surface area contributed by atoms with Crippen molar-refractivity contribution in [2.45, 2.75) is 20.0 Å². The fourth-order valence-electron chi connectivity index (χ4n) is 1.53. The Kier molecular flexibility index (Phi) is 7.53. The average Bonchev–Trinajstić information content (AvgIpc) is 2.34. The molecule has 0 unspecified atom stereocenters. The number of rotatable bonds is 7. The van der Waals surface area contributed by atoms with Crippen LogP contribution < -0.4 is 5.32 Å². The van der Waals surface area contributed by atoms with Crippen LogP contribution in [0.15, 0.2) is 0 Å². The SMILES string of the molecule is CCN(CC)C(=O)CNC(=O)N(CC(=O)O)CC(F)(F)F. The number of aliphatic carboxylic acids is 1. The van der Waals surface area contributed by atoms with Gasteiger partial charge in [-0.3, -0.25) is 9.59 Å². The van der Waals surface area contributed by atoms with Crippen molar-refractivity contribution >= 4 is 17.9 Å². The molecule has 2 N–H and O–H groups in total. The Balaban J connectivity index is 4.60. The molecule has 3 amide bonds. The molecule has 0 saturated heterocycles. The molecule has 0 aliphatic carbocycles. The lowest BCUT2D eigenvalue weighted by Gasteiger charge is -2.23. The Morgan fingerprint density at radius 3 is 2.00 bits per heavy atom. The topological polar surface area (TPSA) is 90.0 Å². The van der Waals surface area contributed by atoms with E-state index in [2.05, 4.69) is 0 Å². The van der Waals surface area contributed by atoms with Crippen molar-refractivity contribution in [2.24, 2.45) is 0 Å². The lowest BCUT2D eigenvalue weighted by atomic mass is 10.4. The normalized spacial score (nSPS) is 10.9. The molecule has 0 radical (unpaired) electrons. The molecule has 0 aromatic heterocycles. The zero-order chi connectivity index (χ0) is 16.6. The van der Waals surface area contributed by atoms with Gasteiger partial charge in [-0.25, -0.2) is 4.79 Å². The van der Waals surface area contributed by atoms with E-state index in [0.717, 1.165) is 0 Å². The number of urea groups is 1. The Hall–Kier alpha value is -2.00. The van der Waals surface area contributed by atoms with E-state index in [1.807, 2.05) is 5.32 Å². The van der Waals surface area contributed by atoms with Gasteiger partial charge in [0.25, 0.3) is 0 Å². The molecule has 0 aromatic rings. The maximum absolute atomic E-state index is 12.3. The summed E-state index contributed by atoms with van der Waals surface area (Å²) in [4.78, 5) is 35.1. The lowest BCUT2D eigenvalue weighted by Crippen LogP contribution is -2.49. The summed E-state index contributed by atoms with van der Waals surface area (Å²) >= 11 is 0. The van der Waals surface area contributed by atoms with Gasteiger partial charge in [-0.05, 0) is 13.8 Å². The number of nitrogens with zero attached hydrogens (tertiary/aromatic N) is 2. The van der Waals surface area contributed by atoms with Crippen LogP contribution in [-0.4, -0.2) is 71.7 Å². The number of hydrogen-bond donors (Lipinski definition) is 2. The van der Waals surface area contributed by atoms with Crippen molar-refractivity contribution in [1.29, 1.82) is 0 Å². The fourth-order valence-corrected chi connectivity index (χ4v) is 1.53. The molecule has 122 valence electrons. The Morgan fingerprint density at radius 1 is 1.10 bits per heavy atom. The first-order valence-electron chi connectivity index (χ1n) is 6.19. The molecule has 0 bridgehead atoms. The number of carbonyl (C=O) groups is 3. The molecule has 0 spiro atoms. The van der Waals surface area contributed by atoms with Crippen LogP contribution in [0.25, 0.3) is 0 Å². The predicted molar refractivity (Wildman–Crippen MR) is 66.6 cm³/mol. The maximum Gasteiger partial charge on any atom is 0.406 e. The number of amides is 3. The molecule has 0 saturated carbocycles. The van der Waals surface area contributed by atoms with Crippen molar-refractivity contribution in [3.8, 4) is 0 Å². The van der Waals surface area contributed by atoms with Crippen LogP contribution in [0.3, 0.4) is 0 Å². The molecule has 0 rings (SSSR count). The number of nitrogens with one attached hydrogen (secondary N) is 1. The van der Waals surface area contributed by atoms with Crippen LogP contribution in [0.1, 0.15) is 13.8 Å². The minimum atomic E-state index is -4.73. The maximum atomic E-state index is 12.3. The first-order chi connectivity index (χ1) is 9.60. The zero-order valence-corrected chi connectivity index (χ0v) is 11.7. The van der Waals surface area contributed by atoms with Gasteiger partial charge in [0.15, 0.2) is 0 Å². The van der Waals surface area contributed by atoms with E-state index in [4.69, 9.17) is 5.11 Å². The number of hydrogen-bond acceptors (Lipinski definition) is 3. The van der Waals surface area contributed by atoms with E-state index in [0.29, 0.717) is 13.1 Å². The summed E-state index contributed by atoms with van der Waals surface area (Å²) < 4.78 is 36.8. The summed E-state index contributed by atoms with van der Waals surface area (Å²) in [5.41, 5.74) is 0. The smallest absolute Gasteiger partial charge is 0.406 e. The monoisotopic (exact) mass is 313 g/mol. The van der Waals surface area contributed by atoms with Crippen LogP contribution >= 0.6 is 0 Å². The van der Waals surface area contributed by atoms with Crippen LogP contribution in [0, 0.1) is 0 Å². The molecule has 0 heterocycles. The largest absolute Gasteiger partial charge is 0.480 e. The standard InChI is InChI=1S/C11H18F3N3O4/c1-3-16(4-2)8(18)5-15-10(21)17(6-9(19)20)7-11(12,13)14/h3-7H2,1-2H3,(H,15,21)(H,19,20). The second-order valence-corrected chi connectivity index (χ2v) is 4.09. The Bertz CT molecular complexity index is 383. The highest BCUT2D eigenvalue weighted by molar-refractivity contribution is 5.85. The second-order valence-electron chi connectivity index (χ2n) is 4.09. The number of likely N-dealkylation sites (N-methyl/N-ethyl adjacent to an activating group) is 1. The minimum absolute atomic E-state index is 0.0812. The quantitative estimate of drug-likeness (QED) is 0.717. The third-order valence-corrected chi connectivity index (χ3v) is 2.49. The van der Waals surface area contributed by atoms with Crippen LogP contribution in [0.4, 0.5) is 18.0 Å². The van der Waals surface area contributed by atoms with Crippen LogP contribution in [0.2, 0.25) is 0 Å². The van der Waals surface area contributed by atoms with Gasteiger partial charge in [0.05, 0.1) is 6.54 Å². The van der Waals surface area contributed by atoms with E-state index < -0.39 is 43.7 Å². The predicted octanol–water partition coefficient (Wildman–Crippen LogP) is 0.513.